The number of aromatic hydroxyl groups is 1. The zero-order valence-corrected chi connectivity index (χ0v) is 12.4. The fourth-order valence-electron chi connectivity index (χ4n) is 2.19. The predicted octanol–water partition coefficient (Wildman–Crippen LogP) is 1.80. The quantitative estimate of drug-likeness (QED) is 0.713. The number of esters is 1. The summed E-state index contributed by atoms with van der Waals surface area (Å²) in [5.41, 5.74) is 2.45. The van der Waals surface area contributed by atoms with Gasteiger partial charge in [0.05, 0.1) is 18.8 Å². The lowest BCUT2D eigenvalue weighted by Gasteiger charge is -2.04. The summed E-state index contributed by atoms with van der Waals surface area (Å²) in [7, 11) is 0. The number of rotatable bonds is 4. The van der Waals surface area contributed by atoms with Crippen LogP contribution in [0.15, 0.2) is 36.4 Å². The summed E-state index contributed by atoms with van der Waals surface area (Å²) in [6.45, 7) is 1.89. The van der Waals surface area contributed by atoms with Crippen molar-refractivity contribution in [2.75, 3.05) is 6.61 Å². The number of hydrogen-bond acceptors (Lipinski definition) is 6. The second-order valence-electron chi connectivity index (χ2n) is 4.89. The number of phenolic OH excluding ortho intramolecular Hbond substituents is 1. The van der Waals surface area contributed by atoms with Crippen LogP contribution in [0.2, 0.25) is 0 Å². The highest BCUT2D eigenvalue weighted by Crippen LogP contribution is 2.23. The highest BCUT2D eigenvalue weighted by Gasteiger charge is 2.13. The van der Waals surface area contributed by atoms with Crippen molar-refractivity contribution in [2.45, 2.75) is 13.5 Å². The maximum absolute atomic E-state index is 11.8. The minimum Gasteiger partial charge on any atom is -0.506 e. The van der Waals surface area contributed by atoms with Crippen molar-refractivity contribution >= 4 is 17.0 Å². The number of aliphatic hydroxyl groups excluding tert-OH is 1. The van der Waals surface area contributed by atoms with Crippen LogP contribution in [-0.4, -0.2) is 37.8 Å². The number of fused-ring (bicyclic) bond motifs is 1. The fourth-order valence-corrected chi connectivity index (χ4v) is 2.19. The van der Waals surface area contributed by atoms with Crippen LogP contribution in [0.25, 0.3) is 16.7 Å². The molecule has 0 spiro atoms. The molecule has 0 saturated carbocycles. The molecule has 0 saturated heterocycles. The summed E-state index contributed by atoms with van der Waals surface area (Å²) >= 11 is 0. The standard InChI is InChI=1S/C16H15N3O4/c1-2-23-16(22)11-4-5-12-13(8-11)18-19(17-12)14-7-10(9-20)3-6-15(14)21/h3-8,20-21H,2,9H2,1H3. The molecule has 0 aliphatic heterocycles. The van der Waals surface area contributed by atoms with Gasteiger partial charge in [0.25, 0.3) is 0 Å². The van der Waals surface area contributed by atoms with Gasteiger partial charge in [-0.3, -0.25) is 0 Å². The van der Waals surface area contributed by atoms with Crippen molar-refractivity contribution in [1.82, 2.24) is 15.0 Å². The molecule has 7 nitrogen and oxygen atoms in total. The minimum absolute atomic E-state index is 0.00637. The molecule has 3 aromatic rings. The van der Waals surface area contributed by atoms with Crippen LogP contribution in [0.5, 0.6) is 5.75 Å². The van der Waals surface area contributed by atoms with Gasteiger partial charge in [0.2, 0.25) is 0 Å². The molecule has 118 valence electrons. The summed E-state index contributed by atoms with van der Waals surface area (Å²) in [5, 5.41) is 27.7. The Morgan fingerprint density at radius 1 is 1.17 bits per heavy atom. The molecule has 0 atom stereocenters. The maximum Gasteiger partial charge on any atom is 0.338 e. The van der Waals surface area contributed by atoms with E-state index < -0.39 is 5.97 Å². The average Bonchev–Trinajstić information content (AvgIpc) is 2.98. The van der Waals surface area contributed by atoms with Crippen LogP contribution in [0.1, 0.15) is 22.8 Å². The van der Waals surface area contributed by atoms with Crippen LogP contribution in [0, 0.1) is 0 Å². The van der Waals surface area contributed by atoms with E-state index in [9.17, 15) is 15.0 Å². The molecular formula is C16H15N3O4. The smallest absolute Gasteiger partial charge is 0.338 e. The summed E-state index contributed by atoms with van der Waals surface area (Å²) < 4.78 is 4.96. The van der Waals surface area contributed by atoms with Gasteiger partial charge in [-0.15, -0.1) is 15.0 Å². The van der Waals surface area contributed by atoms with E-state index in [4.69, 9.17) is 4.74 Å². The first-order valence-electron chi connectivity index (χ1n) is 7.09. The largest absolute Gasteiger partial charge is 0.506 e. The van der Waals surface area contributed by atoms with E-state index in [2.05, 4.69) is 10.2 Å². The SMILES string of the molecule is CCOC(=O)c1ccc2nn(-c3cc(CO)ccc3O)nc2c1. The van der Waals surface area contributed by atoms with Crippen molar-refractivity contribution in [3.8, 4) is 11.4 Å². The molecule has 0 aliphatic carbocycles. The lowest BCUT2D eigenvalue weighted by atomic mass is 10.2. The zero-order chi connectivity index (χ0) is 16.4. The first-order valence-corrected chi connectivity index (χ1v) is 7.09. The molecule has 7 heteroatoms. The van der Waals surface area contributed by atoms with Crippen LogP contribution in [0.4, 0.5) is 0 Å². The van der Waals surface area contributed by atoms with Crippen LogP contribution in [0.3, 0.4) is 0 Å². The van der Waals surface area contributed by atoms with Crippen LogP contribution in [-0.2, 0) is 11.3 Å². The van der Waals surface area contributed by atoms with Gasteiger partial charge < -0.3 is 14.9 Å². The summed E-state index contributed by atoms with van der Waals surface area (Å²) in [5.74, 6) is -0.429. The summed E-state index contributed by atoms with van der Waals surface area (Å²) in [6, 6.07) is 9.55. The van der Waals surface area contributed by atoms with Crippen molar-refractivity contribution in [3.63, 3.8) is 0 Å². The third kappa shape index (κ3) is 2.86. The second kappa shape index (κ2) is 6.05. The number of carbonyl (C=O) groups excluding carboxylic acids is 1. The Morgan fingerprint density at radius 2 is 1.96 bits per heavy atom. The van der Waals surface area contributed by atoms with Crippen LogP contribution >= 0.6 is 0 Å². The highest BCUT2D eigenvalue weighted by molar-refractivity contribution is 5.93. The molecular weight excluding hydrogens is 298 g/mol. The molecule has 0 fully saturated rings. The Morgan fingerprint density at radius 3 is 2.70 bits per heavy atom. The van der Waals surface area contributed by atoms with Gasteiger partial charge in [-0.2, -0.15) is 0 Å². The first-order chi connectivity index (χ1) is 11.1. The molecule has 0 amide bonds. The Labute approximate surface area is 131 Å². The predicted molar refractivity (Wildman–Crippen MR) is 82.4 cm³/mol. The Kier molecular flexibility index (Phi) is 3.94. The minimum atomic E-state index is -0.422. The number of hydrogen-bond donors (Lipinski definition) is 2. The third-order valence-electron chi connectivity index (χ3n) is 3.33. The van der Waals surface area contributed by atoms with E-state index in [0.717, 1.165) is 0 Å². The molecule has 1 heterocycles. The van der Waals surface area contributed by atoms with Gasteiger partial charge >= 0.3 is 5.97 Å². The van der Waals surface area contributed by atoms with E-state index in [0.29, 0.717) is 34.5 Å². The maximum atomic E-state index is 11.8. The number of carbonyl (C=O) groups is 1. The second-order valence-corrected chi connectivity index (χ2v) is 4.89. The molecule has 1 aromatic heterocycles. The van der Waals surface area contributed by atoms with E-state index in [-0.39, 0.29) is 12.4 Å². The molecule has 2 N–H and O–H groups in total. The molecule has 0 radical (unpaired) electrons. The molecule has 0 unspecified atom stereocenters. The number of nitrogens with zero attached hydrogens (tertiary/aromatic N) is 3. The lowest BCUT2D eigenvalue weighted by molar-refractivity contribution is 0.0526. The average molecular weight is 313 g/mol. The number of aromatic nitrogens is 3. The Balaban J connectivity index is 2.05. The number of ether oxygens (including phenoxy) is 1. The highest BCUT2D eigenvalue weighted by atomic mass is 16.5. The van der Waals surface area contributed by atoms with Crippen molar-refractivity contribution in [2.24, 2.45) is 0 Å². The number of phenols is 1. The van der Waals surface area contributed by atoms with E-state index in [1.165, 1.54) is 10.9 Å². The molecule has 2 aromatic carbocycles. The molecule has 0 aliphatic rings. The molecule has 23 heavy (non-hydrogen) atoms. The van der Waals surface area contributed by atoms with E-state index in [1.54, 1.807) is 37.3 Å². The lowest BCUT2D eigenvalue weighted by Crippen LogP contribution is -2.04. The monoisotopic (exact) mass is 313 g/mol. The van der Waals surface area contributed by atoms with Gasteiger partial charge in [0.1, 0.15) is 22.5 Å². The van der Waals surface area contributed by atoms with Gasteiger partial charge in [-0.25, -0.2) is 4.79 Å². The molecule has 3 rings (SSSR count). The van der Waals surface area contributed by atoms with Crippen molar-refractivity contribution in [1.29, 1.82) is 0 Å². The number of aliphatic hydroxyl groups is 1. The van der Waals surface area contributed by atoms with E-state index in [1.807, 2.05) is 0 Å². The fraction of sp³-hybridized carbons (Fsp3) is 0.188. The molecule has 0 bridgehead atoms. The Hall–Kier alpha value is -2.93. The normalized spacial score (nSPS) is 10.9. The van der Waals surface area contributed by atoms with Crippen molar-refractivity contribution < 1.29 is 19.7 Å². The summed E-state index contributed by atoms with van der Waals surface area (Å²) in [4.78, 5) is 13.0. The third-order valence-corrected chi connectivity index (χ3v) is 3.33. The van der Waals surface area contributed by atoms with Gasteiger partial charge in [-0.1, -0.05) is 6.07 Å². The van der Waals surface area contributed by atoms with Gasteiger partial charge in [0.15, 0.2) is 0 Å². The Bertz CT molecular complexity index is 873. The number of benzene rings is 2. The van der Waals surface area contributed by atoms with Crippen molar-refractivity contribution in [3.05, 3.63) is 47.5 Å². The van der Waals surface area contributed by atoms with Gasteiger partial charge in [-0.05, 0) is 42.8 Å². The van der Waals surface area contributed by atoms with Crippen LogP contribution < -0.4 is 0 Å². The topological polar surface area (TPSA) is 97.5 Å². The van der Waals surface area contributed by atoms with E-state index >= 15 is 0 Å². The van der Waals surface area contributed by atoms with Gasteiger partial charge in [0, 0.05) is 0 Å². The first kappa shape index (κ1) is 15.0. The zero-order valence-electron chi connectivity index (χ0n) is 12.4. The summed E-state index contributed by atoms with van der Waals surface area (Å²) in [6.07, 6.45) is 0.